The molecule has 1 rings (SSSR count). The second kappa shape index (κ2) is 14.3. The van der Waals surface area contributed by atoms with E-state index >= 15 is 0 Å². The molecule has 0 aliphatic carbocycles. The van der Waals surface area contributed by atoms with E-state index in [1.165, 1.54) is 0 Å². The molecule has 0 amide bonds. The van der Waals surface area contributed by atoms with Crippen LogP contribution in [0.1, 0.15) is 62.3 Å². The number of esters is 3. The predicted molar refractivity (Wildman–Crippen MR) is 140 cm³/mol. The van der Waals surface area contributed by atoms with E-state index in [1.54, 1.807) is 4.90 Å². The lowest BCUT2D eigenvalue weighted by atomic mass is 10.2. The maximum absolute atomic E-state index is 12.5. The van der Waals surface area contributed by atoms with E-state index in [-0.39, 0.29) is 37.5 Å². The third-order valence-electron chi connectivity index (χ3n) is 4.99. The van der Waals surface area contributed by atoms with E-state index in [1.807, 2.05) is 62.3 Å². The summed E-state index contributed by atoms with van der Waals surface area (Å²) in [5.74, 6) is -0.976. The first-order chi connectivity index (χ1) is 16.4. The Labute approximate surface area is 218 Å². The molecular weight excluding hydrogens is 464 g/mol. The number of hydrogen-bond donors (Lipinski definition) is 1. The van der Waals surface area contributed by atoms with Crippen molar-refractivity contribution in [3.05, 3.63) is 0 Å². The van der Waals surface area contributed by atoms with Gasteiger partial charge in [-0.25, -0.2) is 0 Å². The first-order valence-electron chi connectivity index (χ1n) is 13.0. The first kappa shape index (κ1) is 32.3. The van der Waals surface area contributed by atoms with Gasteiger partial charge in [-0.1, -0.05) is 0 Å². The Kier molecular flexibility index (Phi) is 12.8. The molecule has 0 spiro atoms. The highest BCUT2D eigenvalue weighted by molar-refractivity contribution is 5.75. The number of rotatable bonds is 9. The van der Waals surface area contributed by atoms with Gasteiger partial charge in [0.15, 0.2) is 0 Å². The molecule has 0 atom stereocenters. The van der Waals surface area contributed by atoms with Gasteiger partial charge in [-0.2, -0.15) is 0 Å². The zero-order valence-corrected chi connectivity index (χ0v) is 24.1. The molecule has 1 N–H and O–H groups in total. The zero-order chi connectivity index (χ0) is 27.6. The van der Waals surface area contributed by atoms with Crippen LogP contribution in [0.4, 0.5) is 0 Å². The first-order valence-corrected chi connectivity index (χ1v) is 13.0. The molecule has 0 aromatic heterocycles. The highest BCUT2D eigenvalue weighted by Crippen LogP contribution is 2.11. The molecule has 210 valence electrons. The van der Waals surface area contributed by atoms with Gasteiger partial charge in [-0.15, -0.1) is 0 Å². The van der Waals surface area contributed by atoms with E-state index in [4.69, 9.17) is 14.2 Å². The maximum Gasteiger partial charge on any atom is 0.320 e. The Bertz CT molecular complexity index is 679. The minimum absolute atomic E-state index is 0.00731. The highest BCUT2D eigenvalue weighted by Gasteiger charge is 2.25. The Morgan fingerprint density at radius 2 is 1.08 bits per heavy atom. The fourth-order valence-corrected chi connectivity index (χ4v) is 3.65. The van der Waals surface area contributed by atoms with Gasteiger partial charge in [0, 0.05) is 52.4 Å². The summed E-state index contributed by atoms with van der Waals surface area (Å²) >= 11 is 0. The molecule has 36 heavy (non-hydrogen) atoms. The third kappa shape index (κ3) is 16.8. The molecule has 0 unspecified atom stereocenters. The molecule has 1 saturated heterocycles. The number of ether oxygens (including phenoxy) is 3. The number of hydrogen-bond acceptors (Lipinski definition) is 10. The third-order valence-corrected chi connectivity index (χ3v) is 4.99. The van der Waals surface area contributed by atoms with Crippen LogP contribution in [-0.2, 0) is 28.6 Å². The molecule has 10 nitrogen and oxygen atoms in total. The van der Waals surface area contributed by atoms with Crippen molar-refractivity contribution < 1.29 is 28.6 Å². The normalized spacial score (nSPS) is 17.2. The molecule has 1 aliphatic rings. The monoisotopic (exact) mass is 514 g/mol. The molecule has 0 bridgehead atoms. The molecule has 1 aliphatic heterocycles. The van der Waals surface area contributed by atoms with Crippen LogP contribution in [0.3, 0.4) is 0 Å². The second-order valence-electron chi connectivity index (χ2n) is 12.3. The van der Waals surface area contributed by atoms with Crippen molar-refractivity contribution in [1.29, 1.82) is 0 Å². The van der Waals surface area contributed by atoms with Crippen molar-refractivity contribution in [2.24, 2.45) is 0 Å². The quantitative estimate of drug-likeness (QED) is 0.360. The van der Waals surface area contributed by atoms with E-state index in [9.17, 15) is 14.4 Å². The molecule has 1 heterocycles. The largest absolute Gasteiger partial charge is 0.459 e. The van der Waals surface area contributed by atoms with Gasteiger partial charge in [-0.05, 0) is 62.3 Å². The summed E-state index contributed by atoms with van der Waals surface area (Å²) in [5.41, 5.74) is -1.70. The second-order valence-corrected chi connectivity index (χ2v) is 12.3. The fourth-order valence-electron chi connectivity index (χ4n) is 3.65. The Morgan fingerprint density at radius 1 is 0.667 bits per heavy atom. The van der Waals surface area contributed by atoms with Crippen LogP contribution in [0.15, 0.2) is 0 Å². The molecule has 0 saturated carbocycles. The predicted octanol–water partition coefficient (Wildman–Crippen LogP) is 1.52. The zero-order valence-electron chi connectivity index (χ0n) is 24.1. The molecular formula is C26H50N4O6. The summed E-state index contributed by atoms with van der Waals surface area (Å²) in [7, 11) is 0. The number of nitrogens with zero attached hydrogens (tertiary/aromatic N) is 3. The van der Waals surface area contributed by atoms with Crippen LogP contribution in [-0.4, -0.2) is 121 Å². The SMILES string of the molecule is CC(C)(C)OC(=O)CN1CCNCCN(CCN(CC(=O)OC(C)(C)C)CC(=O)OC(C)(C)C)CC1. The summed E-state index contributed by atoms with van der Waals surface area (Å²) in [5, 5.41) is 3.41. The average Bonchev–Trinajstić information content (AvgIpc) is 2.74. The lowest BCUT2D eigenvalue weighted by molar-refractivity contribution is -0.160. The van der Waals surface area contributed by atoms with Gasteiger partial charge in [0.25, 0.3) is 0 Å². The molecule has 10 heteroatoms. The Morgan fingerprint density at radius 3 is 1.56 bits per heavy atom. The van der Waals surface area contributed by atoms with Gasteiger partial charge >= 0.3 is 17.9 Å². The summed E-state index contributed by atoms with van der Waals surface area (Å²) in [4.78, 5) is 43.4. The van der Waals surface area contributed by atoms with Gasteiger partial charge in [0.1, 0.15) is 16.8 Å². The molecule has 0 aromatic rings. The van der Waals surface area contributed by atoms with Gasteiger partial charge in [0.2, 0.25) is 0 Å². The minimum Gasteiger partial charge on any atom is -0.459 e. The van der Waals surface area contributed by atoms with Crippen molar-refractivity contribution in [3.8, 4) is 0 Å². The smallest absolute Gasteiger partial charge is 0.320 e. The lowest BCUT2D eigenvalue weighted by Gasteiger charge is -2.29. The summed E-state index contributed by atoms with van der Waals surface area (Å²) < 4.78 is 16.4. The van der Waals surface area contributed by atoms with Crippen LogP contribution in [0.25, 0.3) is 0 Å². The van der Waals surface area contributed by atoms with Crippen LogP contribution in [0.5, 0.6) is 0 Å². The Balaban J connectivity index is 2.75. The lowest BCUT2D eigenvalue weighted by Crippen LogP contribution is -2.45. The van der Waals surface area contributed by atoms with Crippen molar-refractivity contribution in [3.63, 3.8) is 0 Å². The van der Waals surface area contributed by atoms with Crippen molar-refractivity contribution in [2.75, 3.05) is 72.0 Å². The number of nitrogens with one attached hydrogen (secondary N) is 1. The number of carbonyl (C=O) groups is 3. The summed E-state index contributed by atoms with van der Waals surface area (Å²) in [6, 6.07) is 0. The van der Waals surface area contributed by atoms with Crippen molar-refractivity contribution >= 4 is 17.9 Å². The van der Waals surface area contributed by atoms with Crippen molar-refractivity contribution in [2.45, 2.75) is 79.1 Å². The highest BCUT2D eigenvalue weighted by atomic mass is 16.6. The minimum atomic E-state index is -0.598. The Hall–Kier alpha value is -1.75. The molecule has 1 fully saturated rings. The van der Waals surface area contributed by atoms with Gasteiger partial charge in [-0.3, -0.25) is 29.1 Å². The van der Waals surface area contributed by atoms with Gasteiger partial charge < -0.3 is 19.5 Å². The van der Waals surface area contributed by atoms with Gasteiger partial charge in [0.05, 0.1) is 19.6 Å². The van der Waals surface area contributed by atoms with E-state index in [2.05, 4.69) is 15.1 Å². The van der Waals surface area contributed by atoms with Crippen LogP contribution in [0.2, 0.25) is 0 Å². The molecule has 0 radical (unpaired) electrons. The standard InChI is InChI=1S/C26H50N4O6/c1-24(2,3)34-21(31)18-29-13-11-27-10-12-28(14-16-29)15-17-30(19-22(32)35-25(4,5)6)20-23(33)36-26(7,8)9/h27H,10-20H2,1-9H3. The summed E-state index contributed by atoms with van der Waals surface area (Å²) in [6.45, 7) is 22.6. The van der Waals surface area contributed by atoms with Crippen LogP contribution < -0.4 is 5.32 Å². The van der Waals surface area contributed by atoms with Crippen LogP contribution >= 0.6 is 0 Å². The topological polar surface area (TPSA) is 101 Å². The summed E-state index contributed by atoms with van der Waals surface area (Å²) in [6.07, 6.45) is 0. The van der Waals surface area contributed by atoms with E-state index < -0.39 is 16.8 Å². The maximum atomic E-state index is 12.5. The fraction of sp³-hybridized carbons (Fsp3) is 0.885. The molecule has 0 aromatic carbocycles. The van der Waals surface area contributed by atoms with E-state index in [0.717, 1.165) is 39.3 Å². The van der Waals surface area contributed by atoms with E-state index in [0.29, 0.717) is 13.1 Å². The van der Waals surface area contributed by atoms with Crippen molar-refractivity contribution in [1.82, 2.24) is 20.0 Å². The average molecular weight is 515 g/mol. The van der Waals surface area contributed by atoms with Crippen LogP contribution in [0, 0.1) is 0 Å². The number of carbonyl (C=O) groups excluding carboxylic acids is 3.